The second-order valence-electron chi connectivity index (χ2n) is 4.84. The van der Waals surface area contributed by atoms with Gasteiger partial charge in [0.15, 0.2) is 0 Å². The Morgan fingerprint density at radius 2 is 1.68 bits per heavy atom. The van der Waals surface area contributed by atoms with Crippen molar-refractivity contribution in [2.24, 2.45) is 0 Å². The number of hydrogen-bond acceptors (Lipinski definition) is 2. The molecule has 0 aliphatic carbocycles. The fourth-order valence-electron chi connectivity index (χ4n) is 2.00. The lowest BCUT2D eigenvalue weighted by atomic mass is 10.2. The molecule has 0 aliphatic heterocycles. The summed E-state index contributed by atoms with van der Waals surface area (Å²) in [6.07, 6.45) is 0. The molecular weight excluding hydrogens is 283 g/mol. The topological polar surface area (TPSA) is 49.4 Å². The first kappa shape index (κ1) is 15.7. The fraction of sp³-hybridized carbons (Fsp3) is 0.176. The number of amides is 2. The molecule has 1 N–H and O–H groups in total. The van der Waals surface area contributed by atoms with E-state index in [2.05, 4.69) is 5.32 Å². The van der Waals surface area contributed by atoms with Crippen LogP contribution >= 0.6 is 0 Å². The molecule has 0 aliphatic rings. The third-order valence-electron chi connectivity index (χ3n) is 3.15. The van der Waals surface area contributed by atoms with E-state index in [0.29, 0.717) is 12.2 Å². The fourth-order valence-corrected chi connectivity index (χ4v) is 2.00. The van der Waals surface area contributed by atoms with Crippen LogP contribution in [0.3, 0.4) is 0 Å². The number of carbonyl (C=O) groups is 2. The lowest BCUT2D eigenvalue weighted by molar-refractivity contribution is -0.123. The number of carbonyl (C=O) groups excluding carboxylic acids is 2. The van der Waals surface area contributed by atoms with Crippen molar-refractivity contribution < 1.29 is 14.0 Å². The molecular formula is C17H17FN2O2. The van der Waals surface area contributed by atoms with E-state index in [9.17, 15) is 14.0 Å². The van der Waals surface area contributed by atoms with Gasteiger partial charge in [0.25, 0.3) is 0 Å². The Bertz CT molecular complexity index is 641. The van der Waals surface area contributed by atoms with Crippen molar-refractivity contribution in [2.45, 2.75) is 13.5 Å². The number of nitrogens with one attached hydrogen (secondary N) is 1. The van der Waals surface area contributed by atoms with Gasteiger partial charge in [-0.2, -0.15) is 0 Å². The molecule has 5 heteroatoms. The van der Waals surface area contributed by atoms with E-state index >= 15 is 0 Å². The van der Waals surface area contributed by atoms with Crippen molar-refractivity contribution in [1.82, 2.24) is 5.32 Å². The van der Waals surface area contributed by atoms with Crippen LogP contribution in [0, 0.1) is 5.82 Å². The molecule has 22 heavy (non-hydrogen) atoms. The second-order valence-corrected chi connectivity index (χ2v) is 4.84. The highest BCUT2D eigenvalue weighted by Crippen LogP contribution is 2.14. The number of nitrogens with zero attached hydrogens (tertiary/aromatic N) is 1. The van der Waals surface area contributed by atoms with E-state index in [1.807, 2.05) is 30.3 Å². The third kappa shape index (κ3) is 4.41. The minimum Gasteiger partial charge on any atom is -0.350 e. The molecule has 0 fully saturated rings. The van der Waals surface area contributed by atoms with Crippen LogP contribution in [-0.2, 0) is 16.1 Å². The SMILES string of the molecule is CC(=O)N(CC(=O)NCc1ccccc1)c1ccc(F)cc1. The van der Waals surface area contributed by atoms with Crippen molar-refractivity contribution >= 4 is 17.5 Å². The molecule has 0 atom stereocenters. The smallest absolute Gasteiger partial charge is 0.240 e. The van der Waals surface area contributed by atoms with Crippen LogP contribution in [-0.4, -0.2) is 18.4 Å². The molecule has 0 unspecified atom stereocenters. The predicted octanol–water partition coefficient (Wildman–Crippen LogP) is 2.50. The van der Waals surface area contributed by atoms with Gasteiger partial charge in [-0.15, -0.1) is 0 Å². The minimum atomic E-state index is -0.388. The maximum atomic E-state index is 12.9. The highest BCUT2D eigenvalue weighted by molar-refractivity contribution is 5.97. The van der Waals surface area contributed by atoms with Crippen molar-refractivity contribution in [3.05, 3.63) is 66.0 Å². The zero-order chi connectivity index (χ0) is 15.9. The molecule has 0 aromatic heterocycles. The van der Waals surface area contributed by atoms with Crippen LogP contribution in [0.15, 0.2) is 54.6 Å². The van der Waals surface area contributed by atoms with Crippen LogP contribution in [0.25, 0.3) is 0 Å². The lowest BCUT2D eigenvalue weighted by Gasteiger charge is -2.20. The monoisotopic (exact) mass is 300 g/mol. The number of benzene rings is 2. The molecule has 0 spiro atoms. The standard InChI is InChI=1S/C17H17FN2O2/c1-13(21)20(16-9-7-15(18)8-10-16)12-17(22)19-11-14-5-3-2-4-6-14/h2-10H,11-12H2,1H3,(H,19,22). The normalized spacial score (nSPS) is 10.1. The third-order valence-corrected chi connectivity index (χ3v) is 3.15. The van der Waals surface area contributed by atoms with E-state index in [-0.39, 0.29) is 24.2 Å². The molecule has 0 heterocycles. The summed E-state index contributed by atoms with van der Waals surface area (Å²) >= 11 is 0. The van der Waals surface area contributed by atoms with E-state index in [1.54, 1.807) is 0 Å². The first-order valence-electron chi connectivity index (χ1n) is 6.90. The zero-order valence-corrected chi connectivity index (χ0v) is 12.3. The summed E-state index contributed by atoms with van der Waals surface area (Å²) in [4.78, 5) is 25.0. The van der Waals surface area contributed by atoms with E-state index in [0.717, 1.165) is 5.56 Å². The Labute approximate surface area is 128 Å². The van der Waals surface area contributed by atoms with Gasteiger partial charge in [0, 0.05) is 19.2 Å². The largest absolute Gasteiger partial charge is 0.350 e. The molecule has 0 saturated heterocycles. The van der Waals surface area contributed by atoms with E-state index in [4.69, 9.17) is 0 Å². The van der Waals surface area contributed by atoms with Crippen molar-refractivity contribution in [3.63, 3.8) is 0 Å². The Balaban J connectivity index is 1.97. The Hall–Kier alpha value is -2.69. The molecule has 114 valence electrons. The maximum Gasteiger partial charge on any atom is 0.240 e. The maximum absolute atomic E-state index is 12.9. The molecule has 0 radical (unpaired) electrons. The lowest BCUT2D eigenvalue weighted by Crippen LogP contribution is -2.39. The van der Waals surface area contributed by atoms with Crippen molar-refractivity contribution in [3.8, 4) is 0 Å². The Morgan fingerprint density at radius 3 is 2.27 bits per heavy atom. The van der Waals surface area contributed by atoms with Gasteiger partial charge in [-0.25, -0.2) is 4.39 Å². The van der Waals surface area contributed by atoms with Gasteiger partial charge >= 0.3 is 0 Å². The number of halogens is 1. The van der Waals surface area contributed by atoms with Crippen molar-refractivity contribution in [2.75, 3.05) is 11.4 Å². The van der Waals surface area contributed by atoms with Gasteiger partial charge in [-0.1, -0.05) is 30.3 Å². The summed E-state index contributed by atoms with van der Waals surface area (Å²) in [6.45, 7) is 1.66. The van der Waals surface area contributed by atoms with Gasteiger partial charge in [-0.3, -0.25) is 9.59 Å². The van der Waals surface area contributed by atoms with Gasteiger partial charge < -0.3 is 10.2 Å². The summed E-state index contributed by atoms with van der Waals surface area (Å²) < 4.78 is 12.9. The first-order valence-corrected chi connectivity index (χ1v) is 6.90. The Morgan fingerprint density at radius 1 is 1.05 bits per heavy atom. The number of anilines is 1. The van der Waals surface area contributed by atoms with Crippen LogP contribution in [0.5, 0.6) is 0 Å². The summed E-state index contributed by atoms with van der Waals surface area (Å²) in [5.41, 5.74) is 1.47. The number of rotatable bonds is 5. The summed E-state index contributed by atoms with van der Waals surface area (Å²) in [5.74, 6) is -0.939. The number of hydrogen-bond donors (Lipinski definition) is 1. The van der Waals surface area contributed by atoms with Gasteiger partial charge in [0.2, 0.25) is 11.8 Å². The predicted molar refractivity (Wildman–Crippen MR) is 82.7 cm³/mol. The van der Waals surface area contributed by atoms with Gasteiger partial charge in [0.05, 0.1) is 0 Å². The second kappa shape index (κ2) is 7.36. The molecule has 4 nitrogen and oxygen atoms in total. The van der Waals surface area contributed by atoms with Crippen LogP contribution < -0.4 is 10.2 Å². The van der Waals surface area contributed by atoms with Crippen LogP contribution in [0.1, 0.15) is 12.5 Å². The zero-order valence-electron chi connectivity index (χ0n) is 12.3. The first-order chi connectivity index (χ1) is 10.6. The van der Waals surface area contributed by atoms with Gasteiger partial charge in [0.1, 0.15) is 12.4 Å². The summed E-state index contributed by atoms with van der Waals surface area (Å²) in [7, 11) is 0. The summed E-state index contributed by atoms with van der Waals surface area (Å²) in [6, 6.07) is 15.0. The highest BCUT2D eigenvalue weighted by Gasteiger charge is 2.15. The quantitative estimate of drug-likeness (QED) is 0.922. The minimum absolute atomic E-state index is 0.103. The molecule has 2 amide bonds. The van der Waals surface area contributed by atoms with Crippen molar-refractivity contribution in [1.29, 1.82) is 0 Å². The summed E-state index contributed by atoms with van der Waals surface area (Å²) in [5, 5.41) is 2.76. The molecule has 0 saturated carbocycles. The molecule has 2 aromatic carbocycles. The molecule has 2 rings (SSSR count). The average Bonchev–Trinajstić information content (AvgIpc) is 2.52. The van der Waals surface area contributed by atoms with E-state index in [1.165, 1.54) is 36.1 Å². The molecule has 0 bridgehead atoms. The van der Waals surface area contributed by atoms with Crippen LogP contribution in [0.4, 0.5) is 10.1 Å². The van der Waals surface area contributed by atoms with Gasteiger partial charge in [-0.05, 0) is 29.8 Å². The van der Waals surface area contributed by atoms with Crippen LogP contribution in [0.2, 0.25) is 0 Å². The Kier molecular flexibility index (Phi) is 5.25. The highest BCUT2D eigenvalue weighted by atomic mass is 19.1. The molecule has 2 aromatic rings. The van der Waals surface area contributed by atoms with E-state index < -0.39 is 0 Å². The average molecular weight is 300 g/mol.